The Balaban J connectivity index is 2.35. The van der Waals surface area contributed by atoms with Crippen molar-refractivity contribution in [2.45, 2.75) is 19.3 Å². The Morgan fingerprint density at radius 1 is 0.909 bits per heavy atom. The topological polar surface area (TPSA) is 58.2 Å². The van der Waals surface area contributed by atoms with Crippen LogP contribution in [0.3, 0.4) is 0 Å². The second kappa shape index (κ2) is 3.95. The van der Waals surface area contributed by atoms with E-state index in [0.717, 1.165) is 6.42 Å². The summed E-state index contributed by atoms with van der Waals surface area (Å²) in [6.07, 6.45) is 1.64. The lowest BCUT2D eigenvalue weighted by Gasteiger charge is -1.99. The molecule has 1 rings (SSSR count). The van der Waals surface area contributed by atoms with Crippen LogP contribution < -0.4 is 10.6 Å². The summed E-state index contributed by atoms with van der Waals surface area (Å²) < 4.78 is 0. The van der Waals surface area contributed by atoms with Gasteiger partial charge in [-0.2, -0.15) is 0 Å². The van der Waals surface area contributed by atoms with E-state index in [1.807, 2.05) is 0 Å². The maximum Gasteiger partial charge on any atom is 0.221 e. The van der Waals surface area contributed by atoms with E-state index >= 15 is 0 Å². The zero-order valence-corrected chi connectivity index (χ0v) is 6.35. The Morgan fingerprint density at radius 3 is 2.36 bits per heavy atom. The van der Waals surface area contributed by atoms with Crippen molar-refractivity contribution in [3.63, 3.8) is 0 Å². The third kappa shape index (κ3) is 3.02. The molecule has 4 heteroatoms. The van der Waals surface area contributed by atoms with Gasteiger partial charge in [-0.3, -0.25) is 9.59 Å². The number of amides is 2. The fourth-order valence-corrected chi connectivity index (χ4v) is 0.969. The first-order chi connectivity index (χ1) is 5.29. The van der Waals surface area contributed by atoms with Crippen LogP contribution in [0.4, 0.5) is 0 Å². The van der Waals surface area contributed by atoms with Gasteiger partial charge in [0, 0.05) is 25.9 Å². The summed E-state index contributed by atoms with van der Waals surface area (Å²) >= 11 is 0. The number of rotatable bonds is 0. The highest BCUT2D eigenvalue weighted by Crippen LogP contribution is 1.90. The van der Waals surface area contributed by atoms with Crippen molar-refractivity contribution < 1.29 is 9.59 Å². The molecule has 0 bridgehead atoms. The number of carbonyl (C=O) groups is 2. The maximum absolute atomic E-state index is 10.8. The number of hydrogen-bond donors (Lipinski definition) is 2. The van der Waals surface area contributed by atoms with Gasteiger partial charge in [0.15, 0.2) is 0 Å². The minimum atomic E-state index is 0.0206. The molecular weight excluding hydrogens is 144 g/mol. The third-order valence-corrected chi connectivity index (χ3v) is 1.58. The molecule has 1 heterocycles. The second-order valence-electron chi connectivity index (χ2n) is 2.55. The highest BCUT2D eigenvalue weighted by molar-refractivity contribution is 5.79. The number of carbonyl (C=O) groups excluding carboxylic acids is 2. The summed E-state index contributed by atoms with van der Waals surface area (Å²) in [7, 11) is 0. The Kier molecular flexibility index (Phi) is 2.89. The molecule has 1 aliphatic heterocycles. The van der Waals surface area contributed by atoms with Gasteiger partial charge in [0.25, 0.3) is 0 Å². The first kappa shape index (κ1) is 8.04. The molecule has 0 spiro atoms. The van der Waals surface area contributed by atoms with Crippen molar-refractivity contribution in [1.82, 2.24) is 10.6 Å². The molecule has 0 aromatic heterocycles. The van der Waals surface area contributed by atoms with Crippen LogP contribution in [0, 0.1) is 0 Å². The second-order valence-corrected chi connectivity index (χ2v) is 2.55. The van der Waals surface area contributed by atoms with Gasteiger partial charge in [-0.1, -0.05) is 0 Å². The summed E-state index contributed by atoms with van der Waals surface area (Å²) in [4.78, 5) is 21.7. The van der Waals surface area contributed by atoms with Crippen molar-refractivity contribution in [3.05, 3.63) is 0 Å². The van der Waals surface area contributed by atoms with Crippen LogP contribution in [-0.4, -0.2) is 24.9 Å². The van der Waals surface area contributed by atoms with Crippen molar-refractivity contribution in [3.8, 4) is 0 Å². The van der Waals surface area contributed by atoms with Crippen LogP contribution in [0.1, 0.15) is 19.3 Å². The van der Waals surface area contributed by atoms with E-state index in [1.165, 1.54) is 0 Å². The minimum absolute atomic E-state index is 0.0206. The molecule has 0 aromatic rings. The van der Waals surface area contributed by atoms with E-state index in [1.54, 1.807) is 0 Å². The molecule has 0 aromatic carbocycles. The van der Waals surface area contributed by atoms with Gasteiger partial charge in [-0.15, -0.1) is 0 Å². The Bertz CT molecular complexity index is 150. The van der Waals surface area contributed by atoms with E-state index in [2.05, 4.69) is 10.6 Å². The first-order valence-electron chi connectivity index (χ1n) is 3.82. The van der Waals surface area contributed by atoms with Crippen LogP contribution in [0.15, 0.2) is 0 Å². The van der Waals surface area contributed by atoms with E-state index in [4.69, 9.17) is 0 Å². The van der Waals surface area contributed by atoms with Crippen molar-refractivity contribution in [1.29, 1.82) is 0 Å². The van der Waals surface area contributed by atoms with Crippen LogP contribution in [0.25, 0.3) is 0 Å². The molecule has 0 atom stereocenters. The predicted octanol–water partition coefficient (Wildman–Crippen LogP) is -0.597. The molecule has 2 N–H and O–H groups in total. The van der Waals surface area contributed by atoms with Gasteiger partial charge >= 0.3 is 0 Å². The fourth-order valence-electron chi connectivity index (χ4n) is 0.969. The summed E-state index contributed by atoms with van der Waals surface area (Å²) in [5.74, 6) is 0.0636. The number of hydrogen-bond acceptors (Lipinski definition) is 2. The van der Waals surface area contributed by atoms with Gasteiger partial charge in [-0.25, -0.2) is 0 Å². The monoisotopic (exact) mass is 156 g/mol. The summed E-state index contributed by atoms with van der Waals surface area (Å²) in [5.41, 5.74) is 0. The average molecular weight is 156 g/mol. The standard InChI is InChI=1S/C7H12N2O2/c10-6-2-1-4-8-7(11)3-5-9-6/h1-5H2,(H,8,11)(H,9,10). The summed E-state index contributed by atoms with van der Waals surface area (Å²) in [5, 5.41) is 5.37. The van der Waals surface area contributed by atoms with E-state index in [9.17, 15) is 9.59 Å². The molecule has 11 heavy (non-hydrogen) atoms. The predicted molar refractivity (Wildman–Crippen MR) is 39.9 cm³/mol. The van der Waals surface area contributed by atoms with E-state index in [-0.39, 0.29) is 11.8 Å². The first-order valence-corrected chi connectivity index (χ1v) is 3.82. The zero-order valence-electron chi connectivity index (χ0n) is 6.35. The fraction of sp³-hybridized carbons (Fsp3) is 0.714. The van der Waals surface area contributed by atoms with Crippen LogP contribution >= 0.6 is 0 Å². The van der Waals surface area contributed by atoms with Gasteiger partial charge in [-0.05, 0) is 6.42 Å². The van der Waals surface area contributed by atoms with E-state index < -0.39 is 0 Å². The largest absolute Gasteiger partial charge is 0.356 e. The summed E-state index contributed by atoms with van der Waals surface area (Å²) in [6.45, 7) is 1.08. The molecule has 0 radical (unpaired) electrons. The summed E-state index contributed by atoms with van der Waals surface area (Å²) in [6, 6.07) is 0. The van der Waals surface area contributed by atoms with Crippen molar-refractivity contribution in [2.24, 2.45) is 0 Å². The lowest BCUT2D eigenvalue weighted by molar-refractivity contribution is -0.121. The molecule has 0 saturated carbocycles. The molecule has 1 fully saturated rings. The van der Waals surface area contributed by atoms with Crippen molar-refractivity contribution >= 4 is 11.8 Å². The molecule has 1 saturated heterocycles. The Hall–Kier alpha value is -1.06. The third-order valence-electron chi connectivity index (χ3n) is 1.58. The highest BCUT2D eigenvalue weighted by atomic mass is 16.2. The van der Waals surface area contributed by atoms with Crippen LogP contribution in [0.5, 0.6) is 0 Å². The molecule has 0 unspecified atom stereocenters. The molecule has 2 amide bonds. The molecular formula is C7H12N2O2. The van der Waals surface area contributed by atoms with E-state index in [0.29, 0.717) is 25.9 Å². The molecule has 4 nitrogen and oxygen atoms in total. The van der Waals surface area contributed by atoms with Crippen molar-refractivity contribution in [2.75, 3.05) is 13.1 Å². The van der Waals surface area contributed by atoms with Gasteiger partial charge < -0.3 is 10.6 Å². The lowest BCUT2D eigenvalue weighted by atomic mass is 10.3. The smallest absolute Gasteiger partial charge is 0.221 e. The molecule has 62 valence electrons. The number of nitrogens with one attached hydrogen (secondary N) is 2. The van der Waals surface area contributed by atoms with Gasteiger partial charge in [0.1, 0.15) is 0 Å². The SMILES string of the molecule is O=C1CCCNC(=O)CCN1. The van der Waals surface area contributed by atoms with Gasteiger partial charge in [0.05, 0.1) is 0 Å². The Labute approximate surface area is 65.3 Å². The molecule has 0 aliphatic carbocycles. The molecule has 1 aliphatic rings. The Morgan fingerprint density at radius 2 is 1.55 bits per heavy atom. The quantitative estimate of drug-likeness (QED) is 0.492. The van der Waals surface area contributed by atoms with Crippen LogP contribution in [0.2, 0.25) is 0 Å². The minimum Gasteiger partial charge on any atom is -0.356 e. The zero-order chi connectivity index (χ0) is 8.10. The lowest BCUT2D eigenvalue weighted by Crippen LogP contribution is -2.27. The maximum atomic E-state index is 10.8. The normalized spacial score (nSPS) is 20.7. The van der Waals surface area contributed by atoms with Gasteiger partial charge in [0.2, 0.25) is 11.8 Å². The highest BCUT2D eigenvalue weighted by Gasteiger charge is 2.06. The average Bonchev–Trinajstić information content (AvgIpc) is 2.04. The van der Waals surface area contributed by atoms with Crippen LogP contribution in [-0.2, 0) is 9.59 Å².